The average molecular weight is 219 g/mol. The topological polar surface area (TPSA) is 84.2 Å². The fourth-order valence-electron chi connectivity index (χ4n) is 2.24. The Bertz CT molecular complexity index is 198. The van der Waals surface area contributed by atoms with E-state index in [1.165, 1.54) is 0 Å². The highest BCUT2D eigenvalue weighted by Gasteiger charge is 2.43. The Morgan fingerprint density at radius 2 is 1.47 bits per heavy atom. The van der Waals surface area contributed by atoms with Gasteiger partial charge in [0.1, 0.15) is 12.2 Å². The third-order valence-corrected chi connectivity index (χ3v) is 3.25. The highest BCUT2D eigenvalue weighted by Crippen LogP contribution is 2.24. The van der Waals surface area contributed by atoms with Crippen molar-refractivity contribution in [2.45, 2.75) is 50.7 Å². The molecule has 1 fully saturated rings. The molecule has 4 N–H and O–H groups in total. The quantitative estimate of drug-likeness (QED) is 0.466. The first-order valence-electron chi connectivity index (χ1n) is 5.49. The van der Waals surface area contributed by atoms with Gasteiger partial charge in [0, 0.05) is 6.04 Å². The van der Waals surface area contributed by atoms with Crippen LogP contribution in [0.25, 0.3) is 0 Å². The van der Waals surface area contributed by atoms with Crippen molar-refractivity contribution in [1.29, 1.82) is 0 Å². The maximum absolute atomic E-state index is 9.80. The number of hydrogen-bond donors (Lipinski definition) is 4. The van der Waals surface area contributed by atoms with Gasteiger partial charge in [0.15, 0.2) is 0 Å². The molecule has 0 aromatic heterocycles. The molecule has 0 bridgehead atoms. The van der Waals surface area contributed by atoms with Gasteiger partial charge in [-0.05, 0) is 19.5 Å². The van der Waals surface area contributed by atoms with E-state index in [4.69, 9.17) is 0 Å². The number of hydrogen-bond acceptors (Lipinski definition) is 5. The van der Waals surface area contributed by atoms with Crippen LogP contribution in [0.2, 0.25) is 0 Å². The molecule has 0 amide bonds. The van der Waals surface area contributed by atoms with E-state index in [0.717, 1.165) is 13.1 Å². The second kappa shape index (κ2) is 5.23. The Hall–Kier alpha value is -0.200. The Balaban J connectivity index is 2.73. The molecule has 1 saturated carbocycles. The van der Waals surface area contributed by atoms with E-state index in [9.17, 15) is 20.4 Å². The van der Waals surface area contributed by atoms with Crippen LogP contribution < -0.4 is 0 Å². The standard InChI is InChI=1S/C10H21NO4/c1-3-11(4-2)6-5-7(12)9(14)10(15)8(6)13/h6-10,12-15H,3-5H2,1-2H3/t6-,7+,8-,9-,10-/m0/s1. The summed E-state index contributed by atoms with van der Waals surface area (Å²) < 4.78 is 0. The Morgan fingerprint density at radius 3 is 1.93 bits per heavy atom. The van der Waals surface area contributed by atoms with Gasteiger partial charge in [-0.3, -0.25) is 4.90 Å². The van der Waals surface area contributed by atoms with Crippen LogP contribution in [0.5, 0.6) is 0 Å². The largest absolute Gasteiger partial charge is 0.390 e. The number of aliphatic hydroxyl groups is 4. The maximum atomic E-state index is 9.80. The molecule has 0 aromatic carbocycles. The summed E-state index contributed by atoms with van der Waals surface area (Å²) in [5.41, 5.74) is 0. The van der Waals surface area contributed by atoms with Crippen molar-refractivity contribution in [2.75, 3.05) is 13.1 Å². The van der Waals surface area contributed by atoms with E-state index in [1.54, 1.807) is 0 Å². The average Bonchev–Trinajstić information content (AvgIpc) is 2.24. The van der Waals surface area contributed by atoms with E-state index >= 15 is 0 Å². The van der Waals surface area contributed by atoms with Crippen molar-refractivity contribution in [3.8, 4) is 0 Å². The van der Waals surface area contributed by atoms with E-state index in [0.29, 0.717) is 6.42 Å². The Labute approximate surface area is 90.0 Å². The van der Waals surface area contributed by atoms with Crippen LogP contribution >= 0.6 is 0 Å². The maximum Gasteiger partial charge on any atom is 0.110 e. The Kier molecular flexibility index (Phi) is 4.48. The molecule has 0 aromatic rings. The summed E-state index contributed by atoms with van der Waals surface area (Å²) in [5, 5.41) is 38.2. The van der Waals surface area contributed by atoms with Gasteiger partial charge in [-0.1, -0.05) is 13.8 Å². The molecule has 0 radical (unpaired) electrons. The highest BCUT2D eigenvalue weighted by atomic mass is 16.4. The summed E-state index contributed by atoms with van der Waals surface area (Å²) in [7, 11) is 0. The van der Waals surface area contributed by atoms with Crippen molar-refractivity contribution in [3.63, 3.8) is 0 Å². The van der Waals surface area contributed by atoms with Crippen LogP contribution in [0.4, 0.5) is 0 Å². The fourth-order valence-corrected chi connectivity index (χ4v) is 2.24. The fraction of sp³-hybridized carbons (Fsp3) is 1.00. The predicted molar refractivity (Wildman–Crippen MR) is 55.4 cm³/mol. The molecule has 15 heavy (non-hydrogen) atoms. The van der Waals surface area contributed by atoms with E-state index in [2.05, 4.69) is 0 Å². The molecule has 1 aliphatic carbocycles. The lowest BCUT2D eigenvalue weighted by Crippen LogP contribution is -2.60. The lowest BCUT2D eigenvalue weighted by atomic mass is 9.84. The molecule has 1 aliphatic rings. The van der Waals surface area contributed by atoms with Crippen molar-refractivity contribution in [2.24, 2.45) is 0 Å². The second-order valence-electron chi connectivity index (χ2n) is 4.06. The Morgan fingerprint density at radius 1 is 0.933 bits per heavy atom. The summed E-state index contributed by atoms with van der Waals surface area (Å²) in [6.45, 7) is 5.40. The molecule has 5 nitrogen and oxygen atoms in total. The summed E-state index contributed by atoms with van der Waals surface area (Å²) in [6.07, 6.45) is -4.18. The van der Waals surface area contributed by atoms with Gasteiger partial charge < -0.3 is 20.4 Å². The molecule has 5 heteroatoms. The monoisotopic (exact) mass is 219 g/mol. The van der Waals surface area contributed by atoms with Crippen molar-refractivity contribution in [1.82, 2.24) is 4.90 Å². The van der Waals surface area contributed by atoms with Crippen LogP contribution in [-0.4, -0.2) is 68.9 Å². The molecule has 5 atom stereocenters. The molecule has 0 aliphatic heterocycles. The number of rotatable bonds is 3. The van der Waals surface area contributed by atoms with Gasteiger partial charge in [0.25, 0.3) is 0 Å². The minimum absolute atomic E-state index is 0.284. The smallest absolute Gasteiger partial charge is 0.110 e. The van der Waals surface area contributed by atoms with Crippen LogP contribution in [0.1, 0.15) is 20.3 Å². The molecule has 0 saturated heterocycles. The van der Waals surface area contributed by atoms with Crippen LogP contribution in [0.15, 0.2) is 0 Å². The molecule has 90 valence electrons. The van der Waals surface area contributed by atoms with Crippen LogP contribution in [0.3, 0.4) is 0 Å². The zero-order valence-corrected chi connectivity index (χ0v) is 9.24. The first-order valence-corrected chi connectivity index (χ1v) is 5.49. The van der Waals surface area contributed by atoms with Crippen molar-refractivity contribution < 1.29 is 20.4 Å². The van der Waals surface area contributed by atoms with Gasteiger partial charge in [-0.15, -0.1) is 0 Å². The zero-order chi connectivity index (χ0) is 11.6. The van der Waals surface area contributed by atoms with Crippen LogP contribution in [0, 0.1) is 0 Å². The van der Waals surface area contributed by atoms with Gasteiger partial charge in [0.2, 0.25) is 0 Å². The summed E-state index contributed by atoms with van der Waals surface area (Å²) >= 11 is 0. The van der Waals surface area contributed by atoms with Gasteiger partial charge in [-0.25, -0.2) is 0 Å². The summed E-state index contributed by atoms with van der Waals surface area (Å²) in [5.74, 6) is 0. The SMILES string of the molecule is CCN(CC)[C@H]1C[C@@H](O)[C@H](O)[C@@H](O)[C@H]1O. The third kappa shape index (κ3) is 2.49. The van der Waals surface area contributed by atoms with Crippen LogP contribution in [-0.2, 0) is 0 Å². The first-order chi connectivity index (χ1) is 7.02. The van der Waals surface area contributed by atoms with E-state index in [1.807, 2.05) is 18.7 Å². The predicted octanol–water partition coefficient (Wildman–Crippen LogP) is -1.46. The third-order valence-electron chi connectivity index (χ3n) is 3.25. The molecular formula is C10H21NO4. The lowest BCUT2D eigenvalue weighted by molar-refractivity contribution is -0.163. The summed E-state index contributed by atoms with van der Waals surface area (Å²) in [4.78, 5) is 1.98. The molecule has 1 rings (SSSR count). The summed E-state index contributed by atoms with van der Waals surface area (Å²) in [6, 6.07) is -0.284. The highest BCUT2D eigenvalue weighted by molar-refractivity contribution is 4.96. The van der Waals surface area contributed by atoms with Crippen molar-refractivity contribution in [3.05, 3.63) is 0 Å². The molecule has 0 heterocycles. The van der Waals surface area contributed by atoms with Gasteiger partial charge in [-0.2, -0.15) is 0 Å². The second-order valence-corrected chi connectivity index (χ2v) is 4.06. The minimum Gasteiger partial charge on any atom is -0.390 e. The van der Waals surface area contributed by atoms with Gasteiger partial charge >= 0.3 is 0 Å². The minimum atomic E-state index is -1.26. The van der Waals surface area contributed by atoms with E-state index in [-0.39, 0.29) is 6.04 Å². The van der Waals surface area contributed by atoms with Crippen molar-refractivity contribution >= 4 is 0 Å². The number of aliphatic hydroxyl groups excluding tert-OH is 4. The molecule has 0 unspecified atom stereocenters. The molecule has 0 spiro atoms. The number of nitrogens with zero attached hydrogens (tertiary/aromatic N) is 1. The van der Waals surface area contributed by atoms with E-state index < -0.39 is 24.4 Å². The van der Waals surface area contributed by atoms with Gasteiger partial charge in [0.05, 0.1) is 12.2 Å². The first kappa shape index (κ1) is 12.9. The normalized spacial score (nSPS) is 42.2. The molecular weight excluding hydrogens is 198 g/mol. The number of likely N-dealkylation sites (N-methyl/N-ethyl adjacent to an activating group) is 1. The zero-order valence-electron chi connectivity index (χ0n) is 9.24. The lowest BCUT2D eigenvalue weighted by Gasteiger charge is -2.43.